The molecule has 0 aliphatic heterocycles. The fourth-order valence-corrected chi connectivity index (χ4v) is 1.89. The van der Waals surface area contributed by atoms with Gasteiger partial charge in [-0.25, -0.2) is 13.2 Å². The van der Waals surface area contributed by atoms with Gasteiger partial charge in [0.2, 0.25) is 0 Å². The van der Waals surface area contributed by atoms with Crippen molar-refractivity contribution in [3.63, 3.8) is 0 Å². The zero-order chi connectivity index (χ0) is 15.4. The Bertz CT molecular complexity index is 657. The SMILES string of the molecule is O=[N+]([O-])c1cc(F)cc(NCCc2cc(F)cc(F)c2)c1. The smallest absolute Gasteiger partial charge is 0.274 e. The third kappa shape index (κ3) is 4.20. The van der Waals surface area contributed by atoms with Crippen LogP contribution < -0.4 is 5.32 Å². The first-order valence-electron chi connectivity index (χ1n) is 6.08. The molecule has 2 aromatic rings. The summed E-state index contributed by atoms with van der Waals surface area (Å²) < 4.78 is 39.2. The number of nitrogens with zero attached hydrogens (tertiary/aromatic N) is 1. The van der Waals surface area contributed by atoms with E-state index in [9.17, 15) is 23.3 Å². The molecule has 0 aromatic heterocycles. The molecule has 0 saturated heterocycles. The Kier molecular flexibility index (Phi) is 4.42. The lowest BCUT2D eigenvalue weighted by Crippen LogP contribution is -2.06. The van der Waals surface area contributed by atoms with Crippen LogP contribution in [0.5, 0.6) is 0 Å². The summed E-state index contributed by atoms with van der Waals surface area (Å²) in [5.74, 6) is -2.08. The van der Waals surface area contributed by atoms with Crippen LogP contribution in [0.25, 0.3) is 0 Å². The Hall–Kier alpha value is -2.57. The molecule has 0 heterocycles. The van der Waals surface area contributed by atoms with E-state index in [1.54, 1.807) is 0 Å². The molecule has 0 saturated carbocycles. The molecule has 1 N–H and O–H groups in total. The molecular weight excluding hydrogens is 285 g/mol. The average molecular weight is 296 g/mol. The van der Waals surface area contributed by atoms with Gasteiger partial charge in [0, 0.05) is 24.4 Å². The lowest BCUT2D eigenvalue weighted by molar-refractivity contribution is -0.385. The summed E-state index contributed by atoms with van der Waals surface area (Å²) in [6.45, 7) is 0.253. The second-order valence-corrected chi connectivity index (χ2v) is 4.41. The number of nitro benzene ring substituents is 1. The van der Waals surface area contributed by atoms with E-state index in [0.717, 1.165) is 18.2 Å². The lowest BCUT2D eigenvalue weighted by atomic mass is 10.1. The van der Waals surface area contributed by atoms with Gasteiger partial charge in [-0.1, -0.05) is 0 Å². The monoisotopic (exact) mass is 296 g/mol. The summed E-state index contributed by atoms with van der Waals surface area (Å²) in [4.78, 5) is 9.91. The zero-order valence-electron chi connectivity index (χ0n) is 10.8. The second-order valence-electron chi connectivity index (χ2n) is 4.41. The van der Waals surface area contributed by atoms with Gasteiger partial charge in [-0.15, -0.1) is 0 Å². The van der Waals surface area contributed by atoms with Gasteiger partial charge in [-0.2, -0.15) is 0 Å². The number of rotatable bonds is 5. The Balaban J connectivity index is 2.01. The van der Waals surface area contributed by atoms with E-state index >= 15 is 0 Å². The standard InChI is InChI=1S/C14H11F3N2O2/c15-10-3-9(4-11(16)5-10)1-2-18-13-6-12(17)7-14(8-13)19(20)21/h3-8,18H,1-2H2. The number of nitrogens with one attached hydrogen (secondary N) is 1. The van der Waals surface area contributed by atoms with Gasteiger partial charge in [0.1, 0.15) is 17.5 Å². The normalized spacial score (nSPS) is 10.4. The largest absolute Gasteiger partial charge is 0.384 e. The molecule has 0 atom stereocenters. The van der Waals surface area contributed by atoms with E-state index in [4.69, 9.17) is 0 Å². The molecule has 0 aliphatic carbocycles. The van der Waals surface area contributed by atoms with Crippen LogP contribution in [-0.4, -0.2) is 11.5 Å². The van der Waals surface area contributed by atoms with Crippen LogP contribution in [0.1, 0.15) is 5.56 Å². The number of hydrogen-bond acceptors (Lipinski definition) is 3. The molecule has 0 radical (unpaired) electrons. The highest BCUT2D eigenvalue weighted by Crippen LogP contribution is 2.20. The van der Waals surface area contributed by atoms with Gasteiger partial charge in [0.05, 0.1) is 11.0 Å². The van der Waals surface area contributed by atoms with Gasteiger partial charge in [0.25, 0.3) is 5.69 Å². The molecule has 7 heteroatoms. The van der Waals surface area contributed by atoms with Crippen LogP contribution in [0.3, 0.4) is 0 Å². The van der Waals surface area contributed by atoms with E-state index in [1.165, 1.54) is 18.2 Å². The van der Waals surface area contributed by atoms with E-state index in [2.05, 4.69) is 5.32 Å². The number of halogens is 3. The van der Waals surface area contributed by atoms with Crippen LogP contribution in [0.4, 0.5) is 24.5 Å². The third-order valence-corrected chi connectivity index (χ3v) is 2.76. The number of anilines is 1. The summed E-state index contributed by atoms with van der Waals surface area (Å²) >= 11 is 0. The summed E-state index contributed by atoms with van der Waals surface area (Å²) in [5.41, 5.74) is 0.304. The molecule has 2 rings (SSSR count). The zero-order valence-corrected chi connectivity index (χ0v) is 10.8. The number of hydrogen-bond donors (Lipinski definition) is 1. The van der Waals surface area contributed by atoms with Crippen molar-refractivity contribution in [3.05, 3.63) is 69.5 Å². The topological polar surface area (TPSA) is 55.2 Å². The molecule has 0 unspecified atom stereocenters. The van der Waals surface area contributed by atoms with E-state index in [-0.39, 0.29) is 17.9 Å². The Labute approximate surface area is 118 Å². The molecular formula is C14H11F3N2O2. The fourth-order valence-electron chi connectivity index (χ4n) is 1.89. The van der Waals surface area contributed by atoms with Crippen molar-refractivity contribution in [2.45, 2.75) is 6.42 Å². The average Bonchev–Trinajstić information content (AvgIpc) is 2.36. The number of benzene rings is 2. The van der Waals surface area contributed by atoms with Crippen molar-refractivity contribution >= 4 is 11.4 Å². The van der Waals surface area contributed by atoms with Crippen molar-refractivity contribution in [3.8, 4) is 0 Å². The van der Waals surface area contributed by atoms with Crippen molar-refractivity contribution in [2.24, 2.45) is 0 Å². The minimum atomic E-state index is -0.733. The molecule has 0 spiro atoms. The second kappa shape index (κ2) is 6.25. The molecule has 110 valence electrons. The molecule has 0 amide bonds. The Morgan fingerprint density at radius 3 is 2.19 bits per heavy atom. The number of non-ortho nitro benzene ring substituents is 1. The molecule has 21 heavy (non-hydrogen) atoms. The molecule has 4 nitrogen and oxygen atoms in total. The minimum Gasteiger partial charge on any atom is -0.384 e. The molecule has 0 bridgehead atoms. The number of nitro groups is 1. The highest BCUT2D eigenvalue weighted by Gasteiger charge is 2.09. The first-order chi connectivity index (χ1) is 9.94. The summed E-state index contributed by atoms with van der Waals surface area (Å²) in [5, 5.41) is 13.4. The Morgan fingerprint density at radius 1 is 0.952 bits per heavy atom. The maximum Gasteiger partial charge on any atom is 0.274 e. The van der Waals surface area contributed by atoms with Gasteiger partial charge < -0.3 is 5.32 Å². The van der Waals surface area contributed by atoms with Crippen LogP contribution in [-0.2, 0) is 6.42 Å². The predicted molar refractivity (Wildman–Crippen MR) is 71.6 cm³/mol. The maximum atomic E-state index is 13.2. The fraction of sp³-hybridized carbons (Fsp3) is 0.143. The van der Waals surface area contributed by atoms with Gasteiger partial charge in [-0.3, -0.25) is 10.1 Å². The van der Waals surface area contributed by atoms with Crippen LogP contribution in [0.2, 0.25) is 0 Å². The van der Waals surface area contributed by atoms with Crippen LogP contribution in [0, 0.1) is 27.6 Å². The summed E-state index contributed by atoms with van der Waals surface area (Å²) in [6, 6.07) is 6.27. The van der Waals surface area contributed by atoms with Crippen molar-refractivity contribution < 1.29 is 18.1 Å². The molecule has 0 aliphatic rings. The lowest BCUT2D eigenvalue weighted by Gasteiger charge is -2.07. The van der Waals surface area contributed by atoms with Gasteiger partial charge in [-0.05, 0) is 30.2 Å². The van der Waals surface area contributed by atoms with Crippen molar-refractivity contribution in [1.29, 1.82) is 0 Å². The highest BCUT2D eigenvalue weighted by molar-refractivity contribution is 5.51. The van der Waals surface area contributed by atoms with E-state index in [1.807, 2.05) is 0 Å². The molecule has 0 fully saturated rings. The first-order valence-corrected chi connectivity index (χ1v) is 6.08. The predicted octanol–water partition coefficient (Wildman–Crippen LogP) is 3.67. The highest BCUT2D eigenvalue weighted by atomic mass is 19.1. The third-order valence-electron chi connectivity index (χ3n) is 2.76. The van der Waals surface area contributed by atoms with Crippen molar-refractivity contribution in [1.82, 2.24) is 0 Å². The molecule has 2 aromatic carbocycles. The van der Waals surface area contributed by atoms with Crippen molar-refractivity contribution in [2.75, 3.05) is 11.9 Å². The van der Waals surface area contributed by atoms with Crippen LogP contribution in [0.15, 0.2) is 36.4 Å². The maximum absolute atomic E-state index is 13.2. The summed E-state index contributed by atoms with van der Waals surface area (Å²) in [6.07, 6.45) is 0.291. The quantitative estimate of drug-likeness (QED) is 0.676. The van der Waals surface area contributed by atoms with Gasteiger partial charge >= 0.3 is 0 Å². The van der Waals surface area contributed by atoms with E-state index in [0.29, 0.717) is 12.0 Å². The summed E-state index contributed by atoms with van der Waals surface area (Å²) in [7, 11) is 0. The Morgan fingerprint density at radius 2 is 1.57 bits per heavy atom. The van der Waals surface area contributed by atoms with Gasteiger partial charge in [0.15, 0.2) is 0 Å². The first kappa shape index (κ1) is 14.8. The van der Waals surface area contributed by atoms with Crippen LogP contribution >= 0.6 is 0 Å². The van der Waals surface area contributed by atoms with E-state index < -0.39 is 22.4 Å². The minimum absolute atomic E-state index is 0.235.